The van der Waals surface area contributed by atoms with Crippen LogP contribution in [0.15, 0.2) is 64.5 Å². The molecule has 32 heavy (non-hydrogen) atoms. The highest BCUT2D eigenvalue weighted by molar-refractivity contribution is 8.00. The number of nitrogens with zero attached hydrogens (tertiary/aromatic N) is 2. The summed E-state index contributed by atoms with van der Waals surface area (Å²) in [6.07, 6.45) is 2.89. The Kier molecular flexibility index (Phi) is 6.83. The molecular weight excluding hydrogens is 442 g/mol. The standard InChI is InChI=1S/C24H27N3O3S2/c1-17-15-23(31-18(2)24(28)25-19-9-5-3-6-10-19)26-22-12-11-20(16-21(17)22)32(29,30)27-13-7-4-8-14-27/h3,5-6,9-12,15-16,18H,4,7-8,13-14H2,1-2H3,(H,25,28). The van der Waals surface area contributed by atoms with Gasteiger partial charge in [-0.15, -0.1) is 0 Å². The predicted octanol–water partition coefficient (Wildman–Crippen LogP) is 4.84. The predicted molar refractivity (Wildman–Crippen MR) is 129 cm³/mol. The lowest BCUT2D eigenvalue weighted by atomic mass is 10.1. The molecule has 1 unspecified atom stereocenters. The van der Waals surface area contributed by atoms with E-state index in [9.17, 15) is 13.2 Å². The number of anilines is 1. The van der Waals surface area contributed by atoms with Crippen molar-refractivity contribution in [2.75, 3.05) is 18.4 Å². The maximum absolute atomic E-state index is 13.0. The van der Waals surface area contributed by atoms with Gasteiger partial charge in [-0.25, -0.2) is 13.4 Å². The van der Waals surface area contributed by atoms with Crippen molar-refractivity contribution in [1.29, 1.82) is 0 Å². The second kappa shape index (κ2) is 9.60. The molecule has 1 atom stereocenters. The number of hydrogen-bond acceptors (Lipinski definition) is 5. The zero-order chi connectivity index (χ0) is 22.7. The molecule has 1 amide bonds. The minimum absolute atomic E-state index is 0.0938. The van der Waals surface area contributed by atoms with Gasteiger partial charge in [-0.05, 0) is 68.7 Å². The number of pyridine rings is 1. The van der Waals surface area contributed by atoms with Gasteiger partial charge in [0.2, 0.25) is 15.9 Å². The third-order valence-electron chi connectivity index (χ3n) is 5.62. The number of piperidine rings is 1. The van der Waals surface area contributed by atoms with Gasteiger partial charge < -0.3 is 5.32 Å². The molecule has 6 nitrogen and oxygen atoms in total. The Morgan fingerprint density at radius 2 is 1.78 bits per heavy atom. The van der Waals surface area contributed by atoms with Crippen molar-refractivity contribution < 1.29 is 13.2 Å². The van der Waals surface area contributed by atoms with Crippen molar-refractivity contribution in [1.82, 2.24) is 9.29 Å². The zero-order valence-electron chi connectivity index (χ0n) is 18.2. The fraction of sp³-hybridized carbons (Fsp3) is 0.333. The van der Waals surface area contributed by atoms with E-state index in [1.807, 2.05) is 50.2 Å². The summed E-state index contributed by atoms with van der Waals surface area (Å²) in [4.78, 5) is 17.5. The molecule has 2 aromatic carbocycles. The molecule has 0 saturated carbocycles. The maximum atomic E-state index is 13.0. The Labute approximate surface area is 193 Å². The quantitative estimate of drug-likeness (QED) is 0.523. The molecule has 1 fully saturated rings. The fourth-order valence-corrected chi connectivity index (χ4v) is 6.29. The molecule has 168 valence electrons. The van der Waals surface area contributed by atoms with Crippen molar-refractivity contribution in [3.05, 3.63) is 60.2 Å². The highest BCUT2D eigenvalue weighted by Gasteiger charge is 2.26. The van der Waals surface area contributed by atoms with Gasteiger partial charge in [0.15, 0.2) is 0 Å². The number of aromatic nitrogens is 1. The van der Waals surface area contributed by atoms with Gasteiger partial charge in [-0.3, -0.25) is 4.79 Å². The number of carbonyl (C=O) groups excluding carboxylic acids is 1. The molecule has 4 rings (SSSR count). The second-order valence-corrected chi connectivity index (χ2v) is 11.3. The summed E-state index contributed by atoms with van der Waals surface area (Å²) in [6, 6.07) is 16.4. The molecule has 8 heteroatoms. The Hall–Kier alpha value is -2.42. The summed E-state index contributed by atoms with van der Waals surface area (Å²) < 4.78 is 27.7. The third kappa shape index (κ3) is 4.98. The molecule has 2 heterocycles. The highest BCUT2D eigenvalue weighted by Crippen LogP contribution is 2.30. The summed E-state index contributed by atoms with van der Waals surface area (Å²) in [5, 5.41) is 4.12. The van der Waals surface area contributed by atoms with Crippen LogP contribution in [0.4, 0.5) is 5.69 Å². The van der Waals surface area contributed by atoms with Gasteiger partial charge in [0.25, 0.3) is 0 Å². The Balaban J connectivity index is 1.53. The summed E-state index contributed by atoms with van der Waals surface area (Å²) in [5.41, 5.74) is 2.42. The molecule has 1 aromatic heterocycles. The van der Waals surface area contributed by atoms with E-state index in [0.29, 0.717) is 18.0 Å². The Morgan fingerprint density at radius 3 is 2.50 bits per heavy atom. The van der Waals surface area contributed by atoms with Crippen molar-refractivity contribution in [3.8, 4) is 0 Å². The molecule has 1 aliphatic rings. The van der Waals surface area contributed by atoms with E-state index < -0.39 is 10.0 Å². The topological polar surface area (TPSA) is 79.4 Å². The average Bonchev–Trinajstić information content (AvgIpc) is 2.80. The zero-order valence-corrected chi connectivity index (χ0v) is 19.9. The van der Waals surface area contributed by atoms with Crippen LogP contribution in [0.5, 0.6) is 0 Å². The van der Waals surface area contributed by atoms with Crippen LogP contribution in [0, 0.1) is 6.92 Å². The first-order valence-corrected chi connectivity index (χ1v) is 13.1. The van der Waals surface area contributed by atoms with Crippen LogP contribution in [0.2, 0.25) is 0 Å². The van der Waals surface area contributed by atoms with E-state index in [1.54, 1.807) is 22.5 Å². The molecule has 0 bridgehead atoms. The largest absolute Gasteiger partial charge is 0.325 e. The molecular formula is C24H27N3O3S2. The molecule has 0 aliphatic carbocycles. The van der Waals surface area contributed by atoms with E-state index in [0.717, 1.165) is 46.4 Å². The summed E-state index contributed by atoms with van der Waals surface area (Å²) >= 11 is 1.38. The lowest BCUT2D eigenvalue weighted by Gasteiger charge is -2.26. The van der Waals surface area contributed by atoms with Gasteiger partial charge in [0.1, 0.15) is 0 Å². The van der Waals surface area contributed by atoms with Crippen molar-refractivity contribution >= 4 is 44.3 Å². The average molecular weight is 470 g/mol. The number of fused-ring (bicyclic) bond motifs is 1. The van der Waals surface area contributed by atoms with Crippen LogP contribution >= 0.6 is 11.8 Å². The number of hydrogen-bond donors (Lipinski definition) is 1. The monoisotopic (exact) mass is 469 g/mol. The number of rotatable bonds is 6. The van der Waals surface area contributed by atoms with Gasteiger partial charge in [-0.1, -0.05) is 36.4 Å². The van der Waals surface area contributed by atoms with Gasteiger partial charge in [-0.2, -0.15) is 4.31 Å². The molecule has 1 saturated heterocycles. The normalized spacial score (nSPS) is 16.1. The van der Waals surface area contributed by atoms with Crippen LogP contribution in [0.3, 0.4) is 0 Å². The summed E-state index contributed by atoms with van der Waals surface area (Å²) in [5.74, 6) is -0.0938. The molecule has 0 radical (unpaired) electrons. The molecule has 0 spiro atoms. The number of sulfonamides is 1. The minimum Gasteiger partial charge on any atom is -0.325 e. The van der Waals surface area contributed by atoms with Crippen molar-refractivity contribution in [2.45, 2.75) is 48.3 Å². The number of para-hydroxylation sites is 1. The third-order valence-corrected chi connectivity index (χ3v) is 8.54. The van der Waals surface area contributed by atoms with Crippen molar-refractivity contribution in [2.24, 2.45) is 0 Å². The first-order valence-electron chi connectivity index (χ1n) is 10.8. The van der Waals surface area contributed by atoms with E-state index in [4.69, 9.17) is 0 Å². The van der Waals surface area contributed by atoms with Crippen LogP contribution < -0.4 is 5.32 Å². The van der Waals surface area contributed by atoms with Crippen molar-refractivity contribution in [3.63, 3.8) is 0 Å². The molecule has 1 aliphatic heterocycles. The SMILES string of the molecule is Cc1cc(SC(C)C(=O)Nc2ccccc2)nc2ccc(S(=O)(=O)N3CCCCC3)cc12. The lowest BCUT2D eigenvalue weighted by molar-refractivity contribution is -0.115. The number of benzene rings is 2. The number of nitrogens with one attached hydrogen (secondary N) is 1. The number of carbonyl (C=O) groups is 1. The van der Waals surface area contributed by atoms with Crippen LogP contribution in [-0.4, -0.2) is 42.0 Å². The molecule has 3 aromatic rings. The fourth-order valence-electron chi connectivity index (χ4n) is 3.82. The van der Waals surface area contributed by atoms with E-state index in [-0.39, 0.29) is 11.2 Å². The first-order chi connectivity index (χ1) is 15.3. The number of amides is 1. The van der Waals surface area contributed by atoms with Crippen LogP contribution in [0.1, 0.15) is 31.7 Å². The second-order valence-electron chi connectivity index (χ2n) is 8.04. The van der Waals surface area contributed by atoms with Crippen LogP contribution in [-0.2, 0) is 14.8 Å². The Bertz CT molecular complexity index is 1220. The van der Waals surface area contributed by atoms with Crippen LogP contribution in [0.25, 0.3) is 10.9 Å². The minimum atomic E-state index is -3.49. The molecule has 1 N–H and O–H groups in total. The van der Waals surface area contributed by atoms with E-state index in [1.165, 1.54) is 11.8 Å². The van der Waals surface area contributed by atoms with Gasteiger partial charge in [0.05, 0.1) is 20.7 Å². The smallest absolute Gasteiger partial charge is 0.243 e. The maximum Gasteiger partial charge on any atom is 0.243 e. The van der Waals surface area contributed by atoms with Gasteiger partial charge >= 0.3 is 0 Å². The Morgan fingerprint density at radius 1 is 1.06 bits per heavy atom. The lowest BCUT2D eigenvalue weighted by Crippen LogP contribution is -2.35. The number of thioether (sulfide) groups is 1. The van der Waals surface area contributed by atoms with E-state index in [2.05, 4.69) is 10.3 Å². The van der Waals surface area contributed by atoms with E-state index >= 15 is 0 Å². The summed E-state index contributed by atoms with van der Waals surface area (Å²) in [7, 11) is -3.49. The highest BCUT2D eigenvalue weighted by atomic mass is 32.2. The first kappa shape index (κ1) is 22.8. The van der Waals surface area contributed by atoms with Gasteiger partial charge in [0, 0.05) is 24.2 Å². The summed E-state index contributed by atoms with van der Waals surface area (Å²) in [6.45, 7) is 4.95. The number of aryl methyl sites for hydroxylation is 1.